The van der Waals surface area contributed by atoms with E-state index in [1.165, 1.54) is 13.2 Å². The zero-order valence-electron chi connectivity index (χ0n) is 8.82. The molecule has 4 heteroatoms. The smallest absolute Gasteiger partial charge is 0.331 e. The summed E-state index contributed by atoms with van der Waals surface area (Å²) in [6.45, 7) is 4.06. The van der Waals surface area contributed by atoms with Gasteiger partial charge in [-0.25, -0.2) is 4.79 Å². The highest BCUT2D eigenvalue weighted by molar-refractivity contribution is 5.81. The maximum absolute atomic E-state index is 10.8. The van der Waals surface area contributed by atoms with E-state index < -0.39 is 0 Å². The molecule has 1 heterocycles. The SMILES string of the molecule is COC(=O)/C=C/NC1CC(C)OC1C. The van der Waals surface area contributed by atoms with Crippen molar-refractivity contribution in [3.05, 3.63) is 12.3 Å². The van der Waals surface area contributed by atoms with Crippen LogP contribution >= 0.6 is 0 Å². The lowest BCUT2D eigenvalue weighted by molar-refractivity contribution is -0.134. The largest absolute Gasteiger partial charge is 0.466 e. The Hall–Kier alpha value is -1.03. The van der Waals surface area contributed by atoms with Crippen LogP contribution in [0.15, 0.2) is 12.3 Å². The van der Waals surface area contributed by atoms with Crippen LogP contribution in [0.2, 0.25) is 0 Å². The normalized spacial score (nSPS) is 32.1. The Morgan fingerprint density at radius 2 is 2.29 bits per heavy atom. The molecule has 1 aliphatic heterocycles. The monoisotopic (exact) mass is 199 g/mol. The summed E-state index contributed by atoms with van der Waals surface area (Å²) in [5.74, 6) is -0.350. The van der Waals surface area contributed by atoms with Crippen molar-refractivity contribution in [2.24, 2.45) is 0 Å². The van der Waals surface area contributed by atoms with Gasteiger partial charge in [0.25, 0.3) is 0 Å². The standard InChI is InChI=1S/C10H17NO3/c1-7-6-9(8(2)14-7)11-5-4-10(12)13-3/h4-5,7-9,11H,6H2,1-3H3/b5-4+. The third-order valence-electron chi connectivity index (χ3n) is 2.33. The van der Waals surface area contributed by atoms with Gasteiger partial charge >= 0.3 is 5.97 Å². The van der Waals surface area contributed by atoms with E-state index in [-0.39, 0.29) is 24.2 Å². The van der Waals surface area contributed by atoms with Gasteiger partial charge in [-0.15, -0.1) is 0 Å². The molecular formula is C10H17NO3. The van der Waals surface area contributed by atoms with Crippen molar-refractivity contribution in [3.63, 3.8) is 0 Å². The number of nitrogens with one attached hydrogen (secondary N) is 1. The second kappa shape index (κ2) is 5.00. The molecule has 1 aliphatic rings. The molecule has 0 amide bonds. The van der Waals surface area contributed by atoms with Crippen LogP contribution in [0.4, 0.5) is 0 Å². The first kappa shape index (κ1) is 11.0. The molecule has 0 aromatic rings. The summed E-state index contributed by atoms with van der Waals surface area (Å²) in [4.78, 5) is 10.8. The summed E-state index contributed by atoms with van der Waals surface area (Å²) in [6.07, 6.45) is 4.43. The molecule has 80 valence electrons. The molecule has 0 aromatic carbocycles. The molecule has 1 fully saturated rings. The molecule has 0 aliphatic carbocycles. The third-order valence-corrected chi connectivity index (χ3v) is 2.33. The second-order valence-corrected chi connectivity index (χ2v) is 3.52. The van der Waals surface area contributed by atoms with Gasteiger partial charge in [0.1, 0.15) is 0 Å². The van der Waals surface area contributed by atoms with Crippen molar-refractivity contribution in [3.8, 4) is 0 Å². The Bertz CT molecular complexity index is 227. The van der Waals surface area contributed by atoms with Crippen LogP contribution in [0.25, 0.3) is 0 Å². The maximum atomic E-state index is 10.8. The van der Waals surface area contributed by atoms with E-state index in [0.29, 0.717) is 0 Å². The van der Waals surface area contributed by atoms with Crippen molar-refractivity contribution < 1.29 is 14.3 Å². The van der Waals surface area contributed by atoms with E-state index in [4.69, 9.17) is 4.74 Å². The maximum Gasteiger partial charge on any atom is 0.331 e. The number of carbonyl (C=O) groups is 1. The Kier molecular flexibility index (Phi) is 3.95. The van der Waals surface area contributed by atoms with E-state index in [9.17, 15) is 4.79 Å². The Balaban J connectivity index is 2.31. The second-order valence-electron chi connectivity index (χ2n) is 3.52. The van der Waals surface area contributed by atoms with Gasteiger partial charge in [0.2, 0.25) is 0 Å². The number of methoxy groups -OCH3 is 1. The Labute approximate surface area is 84.3 Å². The molecule has 0 bridgehead atoms. The van der Waals surface area contributed by atoms with E-state index in [2.05, 4.69) is 10.1 Å². The third kappa shape index (κ3) is 3.03. The lowest BCUT2D eigenvalue weighted by Gasteiger charge is -2.13. The lowest BCUT2D eigenvalue weighted by Crippen LogP contribution is -2.30. The van der Waals surface area contributed by atoms with Gasteiger partial charge in [0, 0.05) is 12.3 Å². The van der Waals surface area contributed by atoms with E-state index in [0.717, 1.165) is 6.42 Å². The summed E-state index contributed by atoms with van der Waals surface area (Å²) >= 11 is 0. The van der Waals surface area contributed by atoms with Crippen molar-refractivity contribution in [2.75, 3.05) is 7.11 Å². The van der Waals surface area contributed by atoms with Gasteiger partial charge in [-0.3, -0.25) is 0 Å². The molecule has 4 nitrogen and oxygen atoms in total. The first-order valence-corrected chi connectivity index (χ1v) is 4.79. The fourth-order valence-electron chi connectivity index (χ4n) is 1.58. The summed E-state index contributed by atoms with van der Waals surface area (Å²) in [5, 5.41) is 3.12. The minimum Gasteiger partial charge on any atom is -0.466 e. The van der Waals surface area contributed by atoms with Gasteiger partial charge in [-0.2, -0.15) is 0 Å². The van der Waals surface area contributed by atoms with Crippen LogP contribution in [0.1, 0.15) is 20.3 Å². The number of rotatable bonds is 3. The van der Waals surface area contributed by atoms with Gasteiger partial charge in [-0.1, -0.05) is 0 Å². The molecule has 1 N–H and O–H groups in total. The highest BCUT2D eigenvalue weighted by Gasteiger charge is 2.28. The summed E-state index contributed by atoms with van der Waals surface area (Å²) in [5.41, 5.74) is 0. The number of hydrogen-bond donors (Lipinski definition) is 1. The van der Waals surface area contributed by atoms with Crippen LogP contribution in [0, 0.1) is 0 Å². The first-order valence-electron chi connectivity index (χ1n) is 4.79. The Morgan fingerprint density at radius 3 is 2.79 bits per heavy atom. The van der Waals surface area contributed by atoms with E-state index in [1.54, 1.807) is 6.20 Å². The molecule has 3 unspecified atom stereocenters. The molecular weight excluding hydrogens is 182 g/mol. The van der Waals surface area contributed by atoms with Gasteiger partial charge < -0.3 is 14.8 Å². The molecule has 0 aromatic heterocycles. The molecule has 14 heavy (non-hydrogen) atoms. The van der Waals surface area contributed by atoms with E-state index >= 15 is 0 Å². The fraction of sp³-hybridized carbons (Fsp3) is 0.700. The number of ether oxygens (including phenoxy) is 2. The van der Waals surface area contributed by atoms with Crippen molar-refractivity contribution in [2.45, 2.75) is 38.5 Å². The topological polar surface area (TPSA) is 47.6 Å². The summed E-state index contributed by atoms with van der Waals surface area (Å²) < 4.78 is 10.0. The number of carbonyl (C=O) groups excluding carboxylic acids is 1. The zero-order valence-corrected chi connectivity index (χ0v) is 8.82. The van der Waals surface area contributed by atoms with Crippen LogP contribution in [-0.2, 0) is 14.3 Å². The van der Waals surface area contributed by atoms with Gasteiger partial charge in [0.05, 0.1) is 25.4 Å². The Morgan fingerprint density at radius 1 is 1.57 bits per heavy atom. The van der Waals surface area contributed by atoms with Gasteiger partial charge in [0.15, 0.2) is 0 Å². The van der Waals surface area contributed by atoms with Gasteiger partial charge in [-0.05, 0) is 20.3 Å². The minimum atomic E-state index is -0.350. The van der Waals surface area contributed by atoms with Crippen LogP contribution in [0.5, 0.6) is 0 Å². The predicted octanol–water partition coefficient (Wildman–Crippen LogP) is 0.829. The molecule has 1 rings (SSSR count). The minimum absolute atomic E-state index is 0.187. The summed E-state index contributed by atoms with van der Waals surface area (Å²) in [7, 11) is 1.36. The average molecular weight is 199 g/mol. The first-order chi connectivity index (χ1) is 6.63. The molecule has 0 saturated carbocycles. The number of esters is 1. The zero-order chi connectivity index (χ0) is 10.6. The van der Waals surface area contributed by atoms with Crippen molar-refractivity contribution >= 4 is 5.97 Å². The fourth-order valence-corrected chi connectivity index (χ4v) is 1.58. The number of hydrogen-bond acceptors (Lipinski definition) is 4. The van der Waals surface area contributed by atoms with Crippen LogP contribution < -0.4 is 5.32 Å². The van der Waals surface area contributed by atoms with E-state index in [1.807, 2.05) is 13.8 Å². The molecule has 0 radical (unpaired) electrons. The predicted molar refractivity (Wildman–Crippen MR) is 52.7 cm³/mol. The highest BCUT2D eigenvalue weighted by atomic mass is 16.5. The molecule has 0 spiro atoms. The highest BCUT2D eigenvalue weighted by Crippen LogP contribution is 2.19. The van der Waals surface area contributed by atoms with Crippen LogP contribution in [-0.4, -0.2) is 31.3 Å². The quantitative estimate of drug-likeness (QED) is 0.540. The van der Waals surface area contributed by atoms with Crippen molar-refractivity contribution in [1.29, 1.82) is 0 Å². The summed E-state index contributed by atoms with van der Waals surface area (Å²) in [6, 6.07) is 0.283. The lowest BCUT2D eigenvalue weighted by atomic mass is 10.1. The van der Waals surface area contributed by atoms with Crippen LogP contribution in [0.3, 0.4) is 0 Å². The molecule has 3 atom stereocenters. The molecule has 1 saturated heterocycles. The average Bonchev–Trinajstić information content (AvgIpc) is 2.45. The van der Waals surface area contributed by atoms with Crippen molar-refractivity contribution in [1.82, 2.24) is 5.32 Å².